The Morgan fingerprint density at radius 1 is 1.08 bits per heavy atom. The van der Waals surface area contributed by atoms with Crippen LogP contribution in [0.1, 0.15) is 38.7 Å². The molecule has 0 saturated carbocycles. The van der Waals surface area contributed by atoms with Gasteiger partial charge in [0.2, 0.25) is 21.8 Å². The standard InChI is InChI=1S/C27H37N3O7S/c1-5-23(27(32)28-6-2)29(19-20-9-7-10-22(17-20)35-3)26(31)11-8-14-30(38(4,33)34)21-12-13-24-25(18-21)37-16-15-36-24/h7,9-10,12-13,17-18,23H,5-6,8,11,14-16,19H2,1-4H3,(H,28,32). The predicted molar refractivity (Wildman–Crippen MR) is 145 cm³/mol. The highest BCUT2D eigenvalue weighted by Gasteiger charge is 2.29. The Morgan fingerprint density at radius 3 is 2.47 bits per heavy atom. The van der Waals surface area contributed by atoms with Crippen molar-refractivity contribution in [3.63, 3.8) is 0 Å². The van der Waals surface area contributed by atoms with Gasteiger partial charge in [-0.15, -0.1) is 0 Å². The third kappa shape index (κ3) is 7.53. The monoisotopic (exact) mass is 547 g/mol. The maximum Gasteiger partial charge on any atom is 0.242 e. The van der Waals surface area contributed by atoms with Gasteiger partial charge in [-0.3, -0.25) is 13.9 Å². The van der Waals surface area contributed by atoms with Crippen LogP contribution in [0, 0.1) is 0 Å². The van der Waals surface area contributed by atoms with Crippen LogP contribution in [0.2, 0.25) is 0 Å². The molecule has 1 atom stereocenters. The first kappa shape index (κ1) is 29.1. The molecule has 2 amide bonds. The molecule has 0 aliphatic carbocycles. The number of amides is 2. The van der Waals surface area contributed by atoms with E-state index in [1.807, 2.05) is 38.1 Å². The van der Waals surface area contributed by atoms with Gasteiger partial charge in [0.15, 0.2) is 11.5 Å². The van der Waals surface area contributed by atoms with E-state index in [0.717, 1.165) is 11.8 Å². The summed E-state index contributed by atoms with van der Waals surface area (Å²) in [5.74, 6) is 1.24. The minimum atomic E-state index is -3.63. The van der Waals surface area contributed by atoms with Gasteiger partial charge in [-0.05, 0) is 49.6 Å². The van der Waals surface area contributed by atoms with Crippen molar-refractivity contribution in [1.82, 2.24) is 10.2 Å². The molecule has 1 aliphatic rings. The lowest BCUT2D eigenvalue weighted by atomic mass is 10.1. The summed E-state index contributed by atoms with van der Waals surface area (Å²) in [6, 6.07) is 11.7. The number of methoxy groups -OCH3 is 1. The maximum atomic E-state index is 13.5. The number of sulfonamides is 1. The summed E-state index contributed by atoms with van der Waals surface area (Å²) in [6.07, 6.45) is 1.90. The van der Waals surface area contributed by atoms with Crippen LogP contribution in [-0.2, 0) is 26.2 Å². The molecule has 0 spiro atoms. The molecule has 0 bridgehead atoms. The number of likely N-dealkylation sites (N-methyl/N-ethyl adjacent to an activating group) is 1. The summed E-state index contributed by atoms with van der Waals surface area (Å²) in [6.45, 7) is 5.28. The van der Waals surface area contributed by atoms with E-state index in [0.29, 0.717) is 49.1 Å². The Kier molecular flexibility index (Phi) is 10.2. The highest BCUT2D eigenvalue weighted by molar-refractivity contribution is 7.92. The first-order chi connectivity index (χ1) is 18.2. The number of anilines is 1. The summed E-state index contributed by atoms with van der Waals surface area (Å²) in [4.78, 5) is 27.9. The van der Waals surface area contributed by atoms with Gasteiger partial charge in [0.05, 0.1) is 19.1 Å². The van der Waals surface area contributed by atoms with Crippen molar-refractivity contribution < 1.29 is 32.2 Å². The van der Waals surface area contributed by atoms with Gasteiger partial charge >= 0.3 is 0 Å². The molecule has 208 valence electrons. The highest BCUT2D eigenvalue weighted by atomic mass is 32.2. The van der Waals surface area contributed by atoms with E-state index in [1.165, 1.54) is 4.31 Å². The molecule has 2 aromatic carbocycles. The molecular weight excluding hydrogens is 510 g/mol. The van der Waals surface area contributed by atoms with Gasteiger partial charge in [-0.25, -0.2) is 8.42 Å². The van der Waals surface area contributed by atoms with Crippen molar-refractivity contribution in [3.8, 4) is 17.2 Å². The fourth-order valence-corrected chi connectivity index (χ4v) is 5.33. The molecular formula is C27H37N3O7S. The molecule has 1 heterocycles. The number of carbonyl (C=O) groups is 2. The SMILES string of the molecule is CCNC(=O)C(CC)N(Cc1cccc(OC)c1)C(=O)CCCN(c1ccc2c(c1)OCCO2)S(C)(=O)=O. The predicted octanol–water partition coefficient (Wildman–Crippen LogP) is 2.96. The summed E-state index contributed by atoms with van der Waals surface area (Å²) in [5.41, 5.74) is 1.26. The normalized spacial score (nSPS) is 13.4. The second kappa shape index (κ2) is 13.4. The largest absolute Gasteiger partial charge is 0.497 e. The van der Waals surface area contributed by atoms with E-state index in [2.05, 4.69) is 5.32 Å². The zero-order valence-corrected chi connectivity index (χ0v) is 23.3. The number of nitrogens with zero attached hydrogens (tertiary/aromatic N) is 2. The Balaban J connectivity index is 1.77. The molecule has 0 saturated heterocycles. The van der Waals surface area contributed by atoms with E-state index in [4.69, 9.17) is 14.2 Å². The average Bonchev–Trinajstić information content (AvgIpc) is 2.90. The van der Waals surface area contributed by atoms with E-state index in [9.17, 15) is 18.0 Å². The number of hydrogen-bond donors (Lipinski definition) is 1. The van der Waals surface area contributed by atoms with Crippen LogP contribution in [0.4, 0.5) is 5.69 Å². The Labute approximate surface area is 224 Å². The zero-order chi connectivity index (χ0) is 27.7. The fourth-order valence-electron chi connectivity index (χ4n) is 4.37. The molecule has 0 fully saturated rings. The third-order valence-corrected chi connectivity index (χ3v) is 7.38. The third-order valence-electron chi connectivity index (χ3n) is 6.19. The summed E-state index contributed by atoms with van der Waals surface area (Å²) in [7, 11) is -2.06. The lowest BCUT2D eigenvalue weighted by molar-refractivity contribution is -0.141. The van der Waals surface area contributed by atoms with E-state index in [-0.39, 0.29) is 37.7 Å². The first-order valence-corrected chi connectivity index (χ1v) is 14.6. The van der Waals surface area contributed by atoms with Gasteiger partial charge in [0, 0.05) is 32.1 Å². The molecule has 11 heteroatoms. The van der Waals surface area contributed by atoms with Crippen molar-refractivity contribution >= 4 is 27.5 Å². The Morgan fingerprint density at radius 2 is 1.82 bits per heavy atom. The van der Waals surface area contributed by atoms with E-state index >= 15 is 0 Å². The fraction of sp³-hybridized carbons (Fsp3) is 0.481. The van der Waals surface area contributed by atoms with Crippen LogP contribution in [0.3, 0.4) is 0 Å². The molecule has 0 aromatic heterocycles. The van der Waals surface area contributed by atoms with Crippen molar-refractivity contribution in [1.29, 1.82) is 0 Å². The van der Waals surface area contributed by atoms with Crippen LogP contribution >= 0.6 is 0 Å². The van der Waals surface area contributed by atoms with E-state index in [1.54, 1.807) is 30.2 Å². The van der Waals surface area contributed by atoms with Crippen molar-refractivity contribution in [3.05, 3.63) is 48.0 Å². The summed E-state index contributed by atoms with van der Waals surface area (Å²) in [5, 5.41) is 2.81. The van der Waals surface area contributed by atoms with Crippen molar-refractivity contribution in [2.75, 3.05) is 44.0 Å². The molecule has 38 heavy (non-hydrogen) atoms. The smallest absolute Gasteiger partial charge is 0.242 e. The van der Waals surface area contributed by atoms with E-state index < -0.39 is 16.1 Å². The maximum absolute atomic E-state index is 13.5. The van der Waals surface area contributed by atoms with Gasteiger partial charge in [-0.1, -0.05) is 19.1 Å². The van der Waals surface area contributed by atoms with Crippen LogP contribution in [0.15, 0.2) is 42.5 Å². The van der Waals surface area contributed by atoms with Crippen LogP contribution < -0.4 is 23.8 Å². The summed E-state index contributed by atoms with van der Waals surface area (Å²) < 4.78 is 42.9. The summed E-state index contributed by atoms with van der Waals surface area (Å²) >= 11 is 0. The quantitative estimate of drug-likeness (QED) is 0.410. The average molecular weight is 548 g/mol. The van der Waals surface area contributed by atoms with Gasteiger partial charge < -0.3 is 24.4 Å². The molecule has 0 radical (unpaired) electrons. The number of hydrogen-bond acceptors (Lipinski definition) is 7. The Bertz CT molecular complexity index is 1220. The minimum Gasteiger partial charge on any atom is -0.497 e. The molecule has 1 aliphatic heterocycles. The van der Waals surface area contributed by atoms with Gasteiger partial charge in [-0.2, -0.15) is 0 Å². The highest BCUT2D eigenvalue weighted by Crippen LogP contribution is 2.34. The number of rotatable bonds is 13. The van der Waals surface area contributed by atoms with Crippen LogP contribution in [0.25, 0.3) is 0 Å². The topological polar surface area (TPSA) is 114 Å². The number of nitrogens with one attached hydrogen (secondary N) is 1. The molecule has 3 rings (SSSR count). The number of ether oxygens (including phenoxy) is 3. The lowest BCUT2D eigenvalue weighted by Gasteiger charge is -2.31. The minimum absolute atomic E-state index is 0.0659. The van der Waals surface area contributed by atoms with Crippen LogP contribution in [0.5, 0.6) is 17.2 Å². The van der Waals surface area contributed by atoms with Gasteiger partial charge in [0.25, 0.3) is 0 Å². The molecule has 2 aromatic rings. The number of fused-ring (bicyclic) bond motifs is 1. The molecule has 1 N–H and O–H groups in total. The van der Waals surface area contributed by atoms with Crippen molar-refractivity contribution in [2.24, 2.45) is 0 Å². The number of benzene rings is 2. The first-order valence-electron chi connectivity index (χ1n) is 12.7. The van der Waals surface area contributed by atoms with Crippen molar-refractivity contribution in [2.45, 2.75) is 45.7 Å². The second-order valence-electron chi connectivity index (χ2n) is 8.96. The zero-order valence-electron chi connectivity index (χ0n) is 22.4. The lowest BCUT2D eigenvalue weighted by Crippen LogP contribution is -2.49. The Hall–Kier alpha value is -3.47. The van der Waals surface area contributed by atoms with Crippen LogP contribution in [-0.4, -0.2) is 70.8 Å². The van der Waals surface area contributed by atoms with Gasteiger partial charge in [0.1, 0.15) is 25.0 Å². The second-order valence-corrected chi connectivity index (χ2v) is 10.9. The molecule has 1 unspecified atom stereocenters. The molecule has 10 nitrogen and oxygen atoms in total. The number of carbonyl (C=O) groups excluding carboxylic acids is 2.